The maximum atomic E-state index is 13.6. The van der Waals surface area contributed by atoms with Crippen molar-refractivity contribution in [3.8, 4) is 0 Å². The predicted molar refractivity (Wildman–Crippen MR) is 78.8 cm³/mol. The Morgan fingerprint density at radius 2 is 2.20 bits per heavy atom. The number of thiocarbonyl (C=S) groups is 1. The largest absolute Gasteiger partial charge is 0.391 e. The normalized spacial score (nSPS) is 26.0. The minimum atomic E-state index is -0.700. The zero-order valence-corrected chi connectivity index (χ0v) is 12.2. The molecule has 0 bridgehead atoms. The highest BCUT2D eigenvalue weighted by atomic mass is 32.1. The molecule has 4 nitrogen and oxygen atoms in total. The van der Waals surface area contributed by atoms with Gasteiger partial charge in [0, 0.05) is 6.20 Å². The van der Waals surface area contributed by atoms with E-state index in [4.69, 9.17) is 18.0 Å². The lowest BCUT2D eigenvalue weighted by Crippen LogP contribution is -2.58. The van der Waals surface area contributed by atoms with Gasteiger partial charge in [-0.15, -0.1) is 0 Å². The second-order valence-electron chi connectivity index (χ2n) is 5.44. The Bertz CT molecular complexity index is 527. The van der Waals surface area contributed by atoms with Crippen molar-refractivity contribution in [2.75, 3.05) is 0 Å². The summed E-state index contributed by atoms with van der Waals surface area (Å²) >= 11 is 5.12. The monoisotopic (exact) mass is 295 g/mol. The number of carbonyl (C=O) groups is 1. The number of nitrogens with one attached hydrogen (secondary N) is 1. The van der Waals surface area contributed by atoms with Crippen LogP contribution in [-0.4, -0.2) is 21.4 Å². The van der Waals surface area contributed by atoms with E-state index in [1.54, 1.807) is 0 Å². The lowest BCUT2D eigenvalue weighted by atomic mass is 9.77. The molecule has 1 aliphatic rings. The molecule has 0 aromatic carbocycles. The van der Waals surface area contributed by atoms with E-state index in [0.29, 0.717) is 18.8 Å². The van der Waals surface area contributed by atoms with Crippen molar-refractivity contribution in [1.29, 1.82) is 0 Å². The van der Waals surface area contributed by atoms with Crippen molar-refractivity contribution < 1.29 is 9.18 Å². The molecule has 0 unspecified atom stereocenters. The summed E-state index contributed by atoms with van der Waals surface area (Å²) < 4.78 is 13.6. The summed E-state index contributed by atoms with van der Waals surface area (Å²) in [5, 5.41) is 2.84. The van der Waals surface area contributed by atoms with Crippen LogP contribution in [0.15, 0.2) is 18.5 Å². The summed E-state index contributed by atoms with van der Waals surface area (Å²) in [5.74, 6) is -0.549. The topological polar surface area (TPSA) is 68.0 Å². The third kappa shape index (κ3) is 2.95. The third-order valence-electron chi connectivity index (χ3n) is 3.97. The van der Waals surface area contributed by atoms with E-state index in [-0.39, 0.29) is 10.6 Å². The fraction of sp³-hybridized carbons (Fsp3) is 0.500. The summed E-state index contributed by atoms with van der Waals surface area (Å²) in [5.41, 5.74) is 5.09. The first kappa shape index (κ1) is 14.8. The van der Waals surface area contributed by atoms with E-state index in [1.165, 1.54) is 12.3 Å². The summed E-state index contributed by atoms with van der Waals surface area (Å²) in [6.45, 7) is 2.16. The molecule has 0 spiro atoms. The summed E-state index contributed by atoms with van der Waals surface area (Å²) in [4.78, 5) is 16.1. The highest BCUT2D eigenvalue weighted by molar-refractivity contribution is 7.80. The molecule has 0 aliphatic heterocycles. The fourth-order valence-corrected chi connectivity index (χ4v) is 2.79. The van der Waals surface area contributed by atoms with Crippen LogP contribution in [0.1, 0.15) is 43.0 Å². The molecule has 1 aromatic rings. The molecule has 1 aliphatic carbocycles. The van der Waals surface area contributed by atoms with Crippen LogP contribution in [0.2, 0.25) is 0 Å². The molecule has 0 radical (unpaired) electrons. The van der Waals surface area contributed by atoms with Crippen molar-refractivity contribution in [2.24, 2.45) is 11.7 Å². The Morgan fingerprint density at radius 3 is 2.75 bits per heavy atom. The van der Waals surface area contributed by atoms with Gasteiger partial charge in [-0.25, -0.2) is 4.39 Å². The van der Waals surface area contributed by atoms with Gasteiger partial charge in [-0.05, 0) is 37.7 Å². The molecule has 1 saturated carbocycles. The Labute approximate surface area is 123 Å². The number of aromatic nitrogens is 1. The molecule has 1 heterocycles. The number of hydrogen-bond acceptors (Lipinski definition) is 3. The van der Waals surface area contributed by atoms with E-state index < -0.39 is 17.3 Å². The second-order valence-corrected chi connectivity index (χ2v) is 5.88. The second kappa shape index (κ2) is 5.83. The molecule has 20 heavy (non-hydrogen) atoms. The smallest absolute Gasteiger partial charge is 0.255 e. The third-order valence-corrected chi connectivity index (χ3v) is 4.36. The molecule has 1 aromatic heterocycles. The van der Waals surface area contributed by atoms with Crippen LogP contribution in [0.3, 0.4) is 0 Å². The van der Waals surface area contributed by atoms with Crippen LogP contribution in [0.4, 0.5) is 4.39 Å². The van der Waals surface area contributed by atoms with Gasteiger partial charge in [0.25, 0.3) is 5.91 Å². The van der Waals surface area contributed by atoms with Crippen LogP contribution in [0.25, 0.3) is 0 Å². The van der Waals surface area contributed by atoms with Crippen molar-refractivity contribution in [3.63, 3.8) is 0 Å². The Morgan fingerprint density at radius 1 is 1.55 bits per heavy atom. The van der Waals surface area contributed by atoms with Crippen molar-refractivity contribution in [3.05, 3.63) is 29.8 Å². The Kier molecular flexibility index (Phi) is 4.32. The zero-order valence-electron chi connectivity index (χ0n) is 11.4. The maximum absolute atomic E-state index is 13.6. The van der Waals surface area contributed by atoms with Gasteiger partial charge in [-0.2, -0.15) is 0 Å². The molecule has 0 atom stereocenters. The Balaban J connectivity index is 2.19. The number of carbonyl (C=O) groups excluding carboxylic acids is 1. The fourth-order valence-electron chi connectivity index (χ4n) is 2.53. The first-order chi connectivity index (χ1) is 9.44. The van der Waals surface area contributed by atoms with Crippen LogP contribution in [-0.2, 0) is 0 Å². The van der Waals surface area contributed by atoms with Crippen LogP contribution < -0.4 is 11.1 Å². The minimum absolute atomic E-state index is 0.0331. The van der Waals surface area contributed by atoms with Crippen molar-refractivity contribution in [2.45, 2.75) is 38.1 Å². The van der Waals surface area contributed by atoms with E-state index in [0.717, 1.165) is 19.0 Å². The number of hydrogen-bond donors (Lipinski definition) is 2. The van der Waals surface area contributed by atoms with Crippen LogP contribution in [0, 0.1) is 11.7 Å². The first-order valence-electron chi connectivity index (χ1n) is 6.66. The molecular weight excluding hydrogens is 277 g/mol. The molecule has 108 valence electrons. The first-order valence-corrected chi connectivity index (χ1v) is 7.07. The van der Waals surface area contributed by atoms with Gasteiger partial charge in [0.05, 0.1) is 22.3 Å². The molecule has 6 heteroatoms. The molecule has 1 amide bonds. The van der Waals surface area contributed by atoms with E-state index in [9.17, 15) is 9.18 Å². The average Bonchev–Trinajstić information content (AvgIpc) is 2.41. The van der Waals surface area contributed by atoms with E-state index >= 15 is 0 Å². The quantitative estimate of drug-likeness (QED) is 0.839. The van der Waals surface area contributed by atoms with Gasteiger partial charge in [0.1, 0.15) is 0 Å². The molecule has 2 rings (SSSR count). The molecule has 0 saturated heterocycles. The van der Waals surface area contributed by atoms with Crippen LogP contribution in [0.5, 0.6) is 0 Å². The van der Waals surface area contributed by atoms with Gasteiger partial charge in [-0.3, -0.25) is 9.78 Å². The number of nitrogens with two attached hydrogens (primary N) is 1. The Hall–Kier alpha value is -1.56. The lowest BCUT2D eigenvalue weighted by Gasteiger charge is -2.39. The number of halogens is 1. The highest BCUT2D eigenvalue weighted by Crippen LogP contribution is 2.32. The number of amides is 1. The standard InChI is InChI=1S/C14H18FN3OS/c1-9-2-5-14(6-3-9,13(16)20)18-12(19)10-4-7-17-8-11(10)15/h4,7-9H,2-3,5-6H2,1H3,(H2,16,20)(H,18,19). The average molecular weight is 295 g/mol. The molecule has 3 N–H and O–H groups in total. The van der Waals surface area contributed by atoms with Crippen molar-refractivity contribution in [1.82, 2.24) is 10.3 Å². The van der Waals surface area contributed by atoms with Crippen LogP contribution >= 0.6 is 12.2 Å². The summed E-state index contributed by atoms with van der Waals surface area (Å²) in [7, 11) is 0. The zero-order chi connectivity index (χ0) is 14.8. The summed E-state index contributed by atoms with van der Waals surface area (Å²) in [6, 6.07) is 1.35. The maximum Gasteiger partial charge on any atom is 0.255 e. The summed E-state index contributed by atoms with van der Waals surface area (Å²) in [6.07, 6.45) is 5.68. The lowest BCUT2D eigenvalue weighted by molar-refractivity contribution is 0.0896. The van der Waals surface area contributed by atoms with Crippen molar-refractivity contribution >= 4 is 23.1 Å². The highest BCUT2D eigenvalue weighted by Gasteiger charge is 2.38. The van der Waals surface area contributed by atoms with Gasteiger partial charge in [-0.1, -0.05) is 19.1 Å². The molecule has 1 fully saturated rings. The van der Waals surface area contributed by atoms with E-state index in [2.05, 4.69) is 17.2 Å². The minimum Gasteiger partial charge on any atom is -0.391 e. The SMILES string of the molecule is CC1CCC(NC(=O)c2ccncc2F)(C(N)=S)CC1. The number of pyridine rings is 1. The van der Waals surface area contributed by atoms with Gasteiger partial charge in [0.15, 0.2) is 5.82 Å². The van der Waals surface area contributed by atoms with Gasteiger partial charge >= 0.3 is 0 Å². The van der Waals surface area contributed by atoms with E-state index in [1.807, 2.05) is 0 Å². The number of rotatable bonds is 3. The van der Waals surface area contributed by atoms with Gasteiger partial charge < -0.3 is 11.1 Å². The molecular formula is C14H18FN3OS. The predicted octanol–water partition coefficient (Wildman–Crippen LogP) is 2.19. The number of nitrogens with zero attached hydrogens (tertiary/aromatic N) is 1. The van der Waals surface area contributed by atoms with Gasteiger partial charge in [0.2, 0.25) is 0 Å².